The van der Waals surface area contributed by atoms with Crippen molar-refractivity contribution < 1.29 is 0 Å². The maximum Gasteiger partial charge on any atom is 0.0234 e. The maximum atomic E-state index is 3.71. The molecule has 1 aromatic carbocycles. The third kappa shape index (κ3) is 4.19. The largest absolute Gasteiger partial charge is 0.357 e. The van der Waals surface area contributed by atoms with E-state index < -0.39 is 0 Å². The maximum absolute atomic E-state index is 3.71. The zero-order chi connectivity index (χ0) is 14.5. The molecule has 0 amide bonds. The molecule has 1 aliphatic rings. The van der Waals surface area contributed by atoms with Crippen molar-refractivity contribution >= 4 is 0 Å². The van der Waals surface area contributed by atoms with Crippen LogP contribution >= 0.6 is 0 Å². The first kappa shape index (κ1) is 14.4. The number of hydrogen-bond acceptors (Lipinski definition) is 2. The van der Waals surface area contributed by atoms with E-state index in [1.54, 1.807) is 0 Å². The van der Waals surface area contributed by atoms with Crippen molar-refractivity contribution in [3.8, 4) is 0 Å². The predicted octanol–water partition coefficient (Wildman–Crippen LogP) is 2.78. The summed E-state index contributed by atoms with van der Waals surface area (Å²) < 4.78 is 2.11. The number of nitrogens with zero attached hydrogens (tertiary/aromatic N) is 2. The average Bonchev–Trinajstić information content (AvgIpc) is 2.92. The van der Waals surface area contributed by atoms with Gasteiger partial charge in [0.25, 0.3) is 0 Å². The Morgan fingerprint density at radius 2 is 2.00 bits per heavy atom. The van der Waals surface area contributed by atoms with E-state index in [2.05, 4.69) is 70.6 Å². The third-order valence-electron chi connectivity index (χ3n) is 4.24. The van der Waals surface area contributed by atoms with Crippen LogP contribution in [0.25, 0.3) is 0 Å². The van der Waals surface area contributed by atoms with E-state index >= 15 is 0 Å². The number of nitrogens with one attached hydrogen (secondary N) is 1. The minimum absolute atomic E-state index is 0.614. The number of aryl methyl sites for hydroxylation is 1. The van der Waals surface area contributed by atoms with Crippen molar-refractivity contribution in [2.45, 2.75) is 32.0 Å². The summed E-state index contributed by atoms with van der Waals surface area (Å²) in [6.45, 7) is 4.43. The van der Waals surface area contributed by atoms with Crippen molar-refractivity contribution in [2.24, 2.45) is 7.05 Å². The highest BCUT2D eigenvalue weighted by atomic mass is 15.2. The fourth-order valence-corrected chi connectivity index (χ4v) is 3.14. The fraction of sp³-hybridized carbons (Fsp3) is 0.444. The van der Waals surface area contributed by atoms with Gasteiger partial charge < -0.3 is 9.88 Å². The highest BCUT2D eigenvalue weighted by Crippen LogP contribution is 2.14. The molecule has 0 spiro atoms. The standard InChI is InChI=1S/C18H25N3/c1-20-11-9-17(13-20)12-19-18-8-5-10-21(15-18)14-16-6-3-2-4-7-16/h2-4,6-7,9,11,13,18-19H,5,8,10,12,14-15H2,1H3. The van der Waals surface area contributed by atoms with Gasteiger partial charge in [-0.3, -0.25) is 4.90 Å². The first-order chi connectivity index (χ1) is 10.3. The molecular weight excluding hydrogens is 258 g/mol. The molecule has 0 radical (unpaired) electrons. The van der Waals surface area contributed by atoms with Crippen LogP contribution < -0.4 is 5.32 Å². The van der Waals surface area contributed by atoms with E-state index in [9.17, 15) is 0 Å². The number of rotatable bonds is 5. The average molecular weight is 283 g/mol. The second-order valence-electron chi connectivity index (χ2n) is 6.13. The van der Waals surface area contributed by atoms with Crippen molar-refractivity contribution in [3.05, 3.63) is 59.9 Å². The molecule has 1 unspecified atom stereocenters. The Balaban J connectivity index is 1.49. The summed E-state index contributed by atoms with van der Waals surface area (Å²) in [5.74, 6) is 0. The van der Waals surface area contributed by atoms with E-state index in [1.807, 2.05) is 0 Å². The molecule has 21 heavy (non-hydrogen) atoms. The highest BCUT2D eigenvalue weighted by Gasteiger charge is 2.19. The Labute approximate surface area is 127 Å². The summed E-state index contributed by atoms with van der Waals surface area (Å²) >= 11 is 0. The molecule has 112 valence electrons. The fourth-order valence-electron chi connectivity index (χ4n) is 3.14. The lowest BCUT2D eigenvalue weighted by molar-refractivity contribution is 0.182. The van der Waals surface area contributed by atoms with Gasteiger partial charge in [-0.15, -0.1) is 0 Å². The van der Waals surface area contributed by atoms with Gasteiger partial charge in [0.15, 0.2) is 0 Å². The summed E-state index contributed by atoms with van der Waals surface area (Å²) in [5.41, 5.74) is 2.79. The van der Waals surface area contributed by atoms with Crippen molar-refractivity contribution in [3.63, 3.8) is 0 Å². The quantitative estimate of drug-likeness (QED) is 0.910. The van der Waals surface area contributed by atoms with Gasteiger partial charge in [0.05, 0.1) is 0 Å². The monoisotopic (exact) mass is 283 g/mol. The van der Waals surface area contributed by atoms with Crippen LogP contribution in [0.4, 0.5) is 0 Å². The minimum Gasteiger partial charge on any atom is -0.357 e. The molecule has 1 aliphatic heterocycles. The summed E-state index contributed by atoms with van der Waals surface area (Å²) in [4.78, 5) is 2.57. The van der Waals surface area contributed by atoms with Gasteiger partial charge in [-0.2, -0.15) is 0 Å². The van der Waals surface area contributed by atoms with E-state index in [4.69, 9.17) is 0 Å². The van der Waals surface area contributed by atoms with Crippen LogP contribution in [0.1, 0.15) is 24.0 Å². The van der Waals surface area contributed by atoms with Crippen LogP contribution in [0, 0.1) is 0 Å². The second kappa shape index (κ2) is 6.92. The van der Waals surface area contributed by atoms with Gasteiger partial charge >= 0.3 is 0 Å². The summed E-state index contributed by atoms with van der Waals surface area (Å²) in [6.07, 6.45) is 6.88. The van der Waals surface area contributed by atoms with Crippen molar-refractivity contribution in [1.29, 1.82) is 0 Å². The molecule has 1 aromatic heterocycles. The summed E-state index contributed by atoms with van der Waals surface area (Å²) in [5, 5.41) is 3.71. The number of hydrogen-bond donors (Lipinski definition) is 1. The highest BCUT2D eigenvalue weighted by molar-refractivity contribution is 5.14. The predicted molar refractivity (Wildman–Crippen MR) is 87.0 cm³/mol. The Morgan fingerprint density at radius 3 is 2.76 bits per heavy atom. The molecule has 3 heteroatoms. The molecule has 3 nitrogen and oxygen atoms in total. The number of piperidine rings is 1. The molecule has 0 saturated carbocycles. The summed E-state index contributed by atoms with van der Waals surface area (Å²) in [6, 6.07) is 13.6. The Kier molecular flexibility index (Phi) is 4.73. The van der Waals surface area contributed by atoms with Gasteiger partial charge in [-0.1, -0.05) is 30.3 Å². The van der Waals surface area contributed by atoms with Gasteiger partial charge in [0, 0.05) is 45.1 Å². The lowest BCUT2D eigenvalue weighted by Gasteiger charge is -2.33. The number of aromatic nitrogens is 1. The molecule has 0 aliphatic carbocycles. The van der Waals surface area contributed by atoms with Crippen molar-refractivity contribution in [1.82, 2.24) is 14.8 Å². The molecule has 2 heterocycles. The number of likely N-dealkylation sites (tertiary alicyclic amines) is 1. The third-order valence-corrected chi connectivity index (χ3v) is 4.24. The van der Waals surface area contributed by atoms with Crippen LogP contribution in [0.2, 0.25) is 0 Å². The lowest BCUT2D eigenvalue weighted by Crippen LogP contribution is -2.44. The summed E-state index contributed by atoms with van der Waals surface area (Å²) in [7, 11) is 2.08. The topological polar surface area (TPSA) is 20.2 Å². The Morgan fingerprint density at radius 1 is 1.14 bits per heavy atom. The molecular formula is C18H25N3. The van der Waals surface area contributed by atoms with Gasteiger partial charge in [-0.25, -0.2) is 0 Å². The van der Waals surface area contributed by atoms with Crippen molar-refractivity contribution in [2.75, 3.05) is 13.1 Å². The molecule has 3 rings (SSSR count). The number of benzene rings is 1. The minimum atomic E-state index is 0.614. The SMILES string of the molecule is Cn1ccc(CNC2CCCN(Cc3ccccc3)C2)c1. The van der Waals surface area contributed by atoms with Crippen LogP contribution in [0.3, 0.4) is 0 Å². The molecule has 2 aromatic rings. The molecule has 1 N–H and O–H groups in total. The lowest BCUT2D eigenvalue weighted by atomic mass is 10.0. The smallest absolute Gasteiger partial charge is 0.0234 e. The van der Waals surface area contributed by atoms with E-state index in [1.165, 1.54) is 30.5 Å². The zero-order valence-corrected chi connectivity index (χ0v) is 12.8. The first-order valence-corrected chi connectivity index (χ1v) is 7.90. The normalized spacial score (nSPS) is 19.8. The van der Waals surface area contributed by atoms with Crippen LogP contribution in [0.15, 0.2) is 48.8 Å². The van der Waals surface area contributed by atoms with Gasteiger partial charge in [0.1, 0.15) is 0 Å². The second-order valence-corrected chi connectivity index (χ2v) is 6.13. The van der Waals surface area contributed by atoms with E-state index in [0.29, 0.717) is 6.04 Å². The Hall–Kier alpha value is -1.58. The van der Waals surface area contributed by atoms with Crippen LogP contribution in [-0.4, -0.2) is 28.6 Å². The molecule has 1 fully saturated rings. The first-order valence-electron chi connectivity index (χ1n) is 7.90. The molecule has 1 atom stereocenters. The van der Waals surface area contributed by atoms with Gasteiger partial charge in [-0.05, 0) is 36.6 Å². The van der Waals surface area contributed by atoms with Crippen LogP contribution in [-0.2, 0) is 20.1 Å². The van der Waals surface area contributed by atoms with Crippen LogP contribution in [0.5, 0.6) is 0 Å². The van der Waals surface area contributed by atoms with E-state index in [0.717, 1.165) is 19.6 Å². The van der Waals surface area contributed by atoms with Gasteiger partial charge in [0.2, 0.25) is 0 Å². The zero-order valence-electron chi connectivity index (χ0n) is 12.8. The van der Waals surface area contributed by atoms with E-state index in [-0.39, 0.29) is 0 Å². The molecule has 0 bridgehead atoms. The molecule has 1 saturated heterocycles. The Bertz CT molecular complexity index is 547.